The molecule has 1 aromatic rings. The fourth-order valence-electron chi connectivity index (χ4n) is 3.49. The molecule has 3 rings (SSSR count). The molecule has 2 atom stereocenters. The summed E-state index contributed by atoms with van der Waals surface area (Å²) in [6, 6.07) is 2.42. The standard InChI is InChI=1S/C16H24N2O2S/c19-15-3-1-2-14(15)17-7-9-18(10-8-17)16(20)5-4-13-6-11-21-12-13/h6,11-12,14-15,19H,1-5,7-10H2/t14-,15-/m0/s1. The van der Waals surface area contributed by atoms with Gasteiger partial charge >= 0.3 is 0 Å². The first-order valence-electron chi connectivity index (χ1n) is 7.95. The van der Waals surface area contributed by atoms with Crippen molar-refractivity contribution in [3.63, 3.8) is 0 Å². The van der Waals surface area contributed by atoms with Crippen LogP contribution in [0, 0.1) is 0 Å². The average Bonchev–Trinajstić information content (AvgIpc) is 3.16. The van der Waals surface area contributed by atoms with Gasteiger partial charge in [-0.2, -0.15) is 11.3 Å². The van der Waals surface area contributed by atoms with E-state index in [0.717, 1.165) is 51.9 Å². The van der Waals surface area contributed by atoms with E-state index in [1.165, 1.54) is 5.56 Å². The predicted molar refractivity (Wildman–Crippen MR) is 84.4 cm³/mol. The van der Waals surface area contributed by atoms with E-state index in [-0.39, 0.29) is 12.0 Å². The topological polar surface area (TPSA) is 43.8 Å². The minimum absolute atomic E-state index is 0.161. The number of amides is 1. The highest BCUT2D eigenvalue weighted by Gasteiger charge is 2.33. The zero-order valence-electron chi connectivity index (χ0n) is 12.4. The highest BCUT2D eigenvalue weighted by Crippen LogP contribution is 2.25. The van der Waals surface area contributed by atoms with Crippen LogP contribution in [-0.4, -0.2) is 59.1 Å². The molecule has 21 heavy (non-hydrogen) atoms. The van der Waals surface area contributed by atoms with E-state index in [0.29, 0.717) is 12.5 Å². The lowest BCUT2D eigenvalue weighted by atomic mass is 10.1. The summed E-state index contributed by atoms with van der Waals surface area (Å²) in [7, 11) is 0. The van der Waals surface area contributed by atoms with Crippen molar-refractivity contribution in [1.29, 1.82) is 0 Å². The Hall–Kier alpha value is -0.910. The highest BCUT2D eigenvalue weighted by atomic mass is 32.1. The lowest BCUT2D eigenvalue weighted by Gasteiger charge is -2.39. The van der Waals surface area contributed by atoms with Gasteiger partial charge in [-0.15, -0.1) is 0 Å². The van der Waals surface area contributed by atoms with Crippen molar-refractivity contribution in [2.24, 2.45) is 0 Å². The van der Waals surface area contributed by atoms with Gasteiger partial charge in [-0.05, 0) is 48.1 Å². The van der Waals surface area contributed by atoms with Crippen LogP contribution in [0.2, 0.25) is 0 Å². The quantitative estimate of drug-likeness (QED) is 0.921. The van der Waals surface area contributed by atoms with Crippen molar-refractivity contribution >= 4 is 17.2 Å². The predicted octanol–water partition coefficient (Wildman–Crippen LogP) is 1.74. The second-order valence-corrected chi connectivity index (χ2v) is 6.89. The SMILES string of the molecule is O=C(CCc1ccsc1)N1CCN([C@H]2CCC[C@@H]2O)CC1. The number of aliphatic hydroxyl groups is 1. The summed E-state index contributed by atoms with van der Waals surface area (Å²) in [5.41, 5.74) is 1.26. The molecule has 2 aliphatic rings. The number of aliphatic hydroxyl groups excluding tert-OH is 1. The van der Waals surface area contributed by atoms with E-state index in [9.17, 15) is 9.90 Å². The van der Waals surface area contributed by atoms with Gasteiger partial charge < -0.3 is 10.0 Å². The van der Waals surface area contributed by atoms with E-state index in [1.54, 1.807) is 11.3 Å². The minimum atomic E-state index is -0.161. The fraction of sp³-hybridized carbons (Fsp3) is 0.688. The van der Waals surface area contributed by atoms with E-state index < -0.39 is 0 Å². The van der Waals surface area contributed by atoms with Crippen LogP contribution in [0.25, 0.3) is 0 Å². The second-order valence-electron chi connectivity index (χ2n) is 6.11. The van der Waals surface area contributed by atoms with Crippen LogP contribution in [0.4, 0.5) is 0 Å². The number of hydrogen-bond donors (Lipinski definition) is 1. The Labute approximate surface area is 130 Å². The molecule has 1 amide bonds. The molecule has 1 aliphatic carbocycles. The molecule has 2 fully saturated rings. The molecule has 1 saturated heterocycles. The minimum Gasteiger partial charge on any atom is -0.391 e. The Balaban J connectivity index is 1.43. The molecule has 0 aromatic carbocycles. The Morgan fingerprint density at radius 2 is 2.10 bits per heavy atom. The molecule has 2 heterocycles. The molecular formula is C16H24N2O2S. The van der Waals surface area contributed by atoms with Crippen LogP contribution in [0.3, 0.4) is 0 Å². The molecular weight excluding hydrogens is 284 g/mol. The number of thiophene rings is 1. The van der Waals surface area contributed by atoms with Crippen LogP contribution in [0.15, 0.2) is 16.8 Å². The van der Waals surface area contributed by atoms with Crippen LogP contribution < -0.4 is 0 Å². The molecule has 0 radical (unpaired) electrons. The zero-order valence-corrected chi connectivity index (χ0v) is 13.2. The molecule has 1 saturated carbocycles. The van der Waals surface area contributed by atoms with Gasteiger partial charge in [-0.3, -0.25) is 9.69 Å². The maximum atomic E-state index is 12.2. The maximum absolute atomic E-state index is 12.2. The van der Waals surface area contributed by atoms with Crippen LogP contribution in [0.5, 0.6) is 0 Å². The third-order valence-corrected chi connectivity index (χ3v) is 5.52. The molecule has 116 valence electrons. The molecule has 1 aromatic heterocycles. The van der Waals surface area contributed by atoms with Crippen molar-refractivity contribution in [1.82, 2.24) is 9.80 Å². The van der Waals surface area contributed by atoms with Gasteiger partial charge in [0.15, 0.2) is 0 Å². The Morgan fingerprint density at radius 3 is 2.71 bits per heavy atom. The molecule has 5 heteroatoms. The monoisotopic (exact) mass is 308 g/mol. The number of hydrogen-bond acceptors (Lipinski definition) is 4. The maximum Gasteiger partial charge on any atom is 0.222 e. The van der Waals surface area contributed by atoms with E-state index in [2.05, 4.69) is 21.7 Å². The summed E-state index contributed by atoms with van der Waals surface area (Å²) in [6.07, 6.45) is 4.47. The normalized spacial score (nSPS) is 27.2. The number of carbonyl (C=O) groups excluding carboxylic acids is 1. The summed E-state index contributed by atoms with van der Waals surface area (Å²) >= 11 is 1.69. The Bertz CT molecular complexity index is 455. The van der Waals surface area contributed by atoms with Gasteiger partial charge in [0, 0.05) is 38.6 Å². The first kappa shape index (κ1) is 15.0. The fourth-order valence-corrected chi connectivity index (χ4v) is 4.20. The second kappa shape index (κ2) is 6.90. The van der Waals surface area contributed by atoms with Crippen LogP contribution in [-0.2, 0) is 11.2 Å². The molecule has 0 bridgehead atoms. The van der Waals surface area contributed by atoms with E-state index in [4.69, 9.17) is 0 Å². The van der Waals surface area contributed by atoms with Crippen molar-refractivity contribution in [2.75, 3.05) is 26.2 Å². The Kier molecular flexibility index (Phi) is 4.93. The van der Waals surface area contributed by atoms with Crippen molar-refractivity contribution < 1.29 is 9.90 Å². The molecule has 1 aliphatic heterocycles. The van der Waals surface area contributed by atoms with Gasteiger partial charge in [-0.25, -0.2) is 0 Å². The average molecular weight is 308 g/mol. The third-order valence-electron chi connectivity index (χ3n) is 4.79. The number of aryl methyl sites for hydroxylation is 1. The van der Waals surface area contributed by atoms with Crippen molar-refractivity contribution in [3.05, 3.63) is 22.4 Å². The van der Waals surface area contributed by atoms with Gasteiger partial charge in [-0.1, -0.05) is 0 Å². The van der Waals surface area contributed by atoms with Gasteiger partial charge in [0.05, 0.1) is 6.10 Å². The van der Waals surface area contributed by atoms with Crippen LogP contribution in [0.1, 0.15) is 31.2 Å². The molecule has 0 unspecified atom stereocenters. The van der Waals surface area contributed by atoms with Crippen molar-refractivity contribution in [2.45, 2.75) is 44.2 Å². The summed E-state index contributed by atoms with van der Waals surface area (Å²) < 4.78 is 0. The van der Waals surface area contributed by atoms with Crippen molar-refractivity contribution in [3.8, 4) is 0 Å². The number of carbonyl (C=O) groups is 1. The highest BCUT2D eigenvalue weighted by molar-refractivity contribution is 7.07. The third kappa shape index (κ3) is 3.65. The lowest BCUT2D eigenvalue weighted by molar-refractivity contribution is -0.133. The summed E-state index contributed by atoms with van der Waals surface area (Å²) in [5, 5.41) is 14.2. The summed E-state index contributed by atoms with van der Waals surface area (Å²) in [6.45, 7) is 3.44. The first-order valence-corrected chi connectivity index (χ1v) is 8.89. The first-order chi connectivity index (χ1) is 10.2. The zero-order chi connectivity index (χ0) is 14.7. The number of nitrogens with zero attached hydrogens (tertiary/aromatic N) is 2. The molecule has 0 spiro atoms. The number of piperazine rings is 1. The largest absolute Gasteiger partial charge is 0.391 e. The Morgan fingerprint density at radius 1 is 1.29 bits per heavy atom. The lowest BCUT2D eigenvalue weighted by Crippen LogP contribution is -2.53. The number of rotatable bonds is 4. The van der Waals surface area contributed by atoms with E-state index in [1.807, 2.05) is 4.90 Å². The molecule has 4 nitrogen and oxygen atoms in total. The van der Waals surface area contributed by atoms with Crippen LogP contribution >= 0.6 is 11.3 Å². The van der Waals surface area contributed by atoms with Gasteiger partial charge in [0.1, 0.15) is 0 Å². The smallest absolute Gasteiger partial charge is 0.222 e. The summed E-state index contributed by atoms with van der Waals surface area (Å²) in [5.74, 6) is 0.271. The van der Waals surface area contributed by atoms with E-state index >= 15 is 0 Å². The van der Waals surface area contributed by atoms with Gasteiger partial charge in [0.2, 0.25) is 5.91 Å². The molecule has 1 N–H and O–H groups in total. The summed E-state index contributed by atoms with van der Waals surface area (Å²) in [4.78, 5) is 16.6. The van der Waals surface area contributed by atoms with Gasteiger partial charge in [0.25, 0.3) is 0 Å².